The molecule has 7 nitrogen and oxygen atoms in total. The van der Waals surface area contributed by atoms with Crippen molar-refractivity contribution in [3.8, 4) is 11.3 Å². The molecule has 3 aromatic rings. The minimum Gasteiger partial charge on any atom is -0.431 e. The molecule has 168 valence electrons. The van der Waals surface area contributed by atoms with Crippen LogP contribution >= 0.6 is 0 Å². The third-order valence-corrected chi connectivity index (χ3v) is 5.65. The molecular formula is C20H16F5N5O2. The van der Waals surface area contributed by atoms with Gasteiger partial charge in [-0.2, -0.15) is 18.3 Å². The standard InChI is InChI=1S/C20H16F5N5O2/c21-12-7-11-14(8-13(12)22)30(9-1-4-26-5-2-9)29-16(11)10-3-6-27-18-15(10)17(20(23,24)25)32-19(31)28-18/h3,6-9,17,26H,1-2,4-5H2,(H,27,28,31)/t17-/m1/s1. The number of aromatic nitrogens is 3. The number of rotatable bonds is 2. The van der Waals surface area contributed by atoms with E-state index < -0.39 is 35.6 Å². The van der Waals surface area contributed by atoms with E-state index in [4.69, 9.17) is 0 Å². The van der Waals surface area contributed by atoms with E-state index in [1.807, 2.05) is 0 Å². The first-order valence-electron chi connectivity index (χ1n) is 9.85. The Morgan fingerprint density at radius 2 is 1.84 bits per heavy atom. The van der Waals surface area contributed by atoms with Crippen LogP contribution in [0.4, 0.5) is 32.6 Å². The van der Waals surface area contributed by atoms with Crippen LogP contribution in [0.3, 0.4) is 0 Å². The van der Waals surface area contributed by atoms with Crippen LogP contribution < -0.4 is 10.6 Å². The molecular weight excluding hydrogens is 437 g/mol. The third-order valence-electron chi connectivity index (χ3n) is 5.65. The lowest BCUT2D eigenvalue weighted by Gasteiger charge is -2.28. The first-order valence-corrected chi connectivity index (χ1v) is 9.85. The molecule has 1 aromatic carbocycles. The van der Waals surface area contributed by atoms with E-state index in [1.165, 1.54) is 16.9 Å². The highest BCUT2D eigenvalue weighted by atomic mass is 19.4. The van der Waals surface area contributed by atoms with Gasteiger partial charge in [0.2, 0.25) is 6.10 Å². The molecule has 1 amide bonds. The molecule has 1 fully saturated rings. The van der Waals surface area contributed by atoms with Crippen molar-refractivity contribution in [3.63, 3.8) is 0 Å². The number of fused-ring (bicyclic) bond motifs is 2. The summed E-state index contributed by atoms with van der Waals surface area (Å²) in [6, 6.07) is 3.05. The van der Waals surface area contributed by atoms with Crippen molar-refractivity contribution in [1.82, 2.24) is 20.1 Å². The Kier molecular flexibility index (Phi) is 4.77. The van der Waals surface area contributed by atoms with Gasteiger partial charge in [0.15, 0.2) is 11.6 Å². The first kappa shape index (κ1) is 20.6. The van der Waals surface area contributed by atoms with Crippen molar-refractivity contribution in [2.45, 2.75) is 31.2 Å². The van der Waals surface area contributed by atoms with Crippen LogP contribution in [-0.4, -0.2) is 40.1 Å². The highest BCUT2D eigenvalue weighted by Gasteiger charge is 2.49. The maximum atomic E-state index is 14.2. The van der Waals surface area contributed by atoms with Crippen molar-refractivity contribution in [2.75, 3.05) is 18.4 Å². The Bertz CT molecular complexity index is 1220. The summed E-state index contributed by atoms with van der Waals surface area (Å²) in [4.78, 5) is 15.5. The Morgan fingerprint density at radius 1 is 1.12 bits per heavy atom. The fourth-order valence-electron chi connectivity index (χ4n) is 4.23. The molecule has 0 unspecified atom stereocenters. The zero-order chi connectivity index (χ0) is 22.6. The maximum Gasteiger partial charge on any atom is 0.430 e. The van der Waals surface area contributed by atoms with E-state index in [1.54, 1.807) is 0 Å². The van der Waals surface area contributed by atoms with Gasteiger partial charge in [0, 0.05) is 23.2 Å². The number of pyridine rings is 1. The number of halogens is 5. The van der Waals surface area contributed by atoms with Gasteiger partial charge in [-0.3, -0.25) is 10.00 Å². The molecule has 0 saturated carbocycles. The quantitative estimate of drug-likeness (QED) is 0.560. The van der Waals surface area contributed by atoms with Gasteiger partial charge in [-0.1, -0.05) is 0 Å². The molecule has 2 aromatic heterocycles. The second-order valence-electron chi connectivity index (χ2n) is 7.63. The lowest BCUT2D eigenvalue weighted by molar-refractivity contribution is -0.206. The molecule has 0 aliphatic carbocycles. The van der Waals surface area contributed by atoms with Crippen LogP contribution in [-0.2, 0) is 4.74 Å². The first-order chi connectivity index (χ1) is 15.2. The number of benzene rings is 1. The van der Waals surface area contributed by atoms with E-state index in [2.05, 4.69) is 25.5 Å². The van der Waals surface area contributed by atoms with Crippen molar-refractivity contribution in [2.24, 2.45) is 0 Å². The van der Waals surface area contributed by atoms with Crippen LogP contribution in [0.25, 0.3) is 22.2 Å². The van der Waals surface area contributed by atoms with E-state index in [-0.39, 0.29) is 34.0 Å². The van der Waals surface area contributed by atoms with Gasteiger partial charge < -0.3 is 10.1 Å². The highest BCUT2D eigenvalue weighted by Crippen LogP contribution is 2.46. The van der Waals surface area contributed by atoms with Gasteiger partial charge in [-0.25, -0.2) is 18.6 Å². The maximum absolute atomic E-state index is 14.2. The number of piperidine rings is 1. The number of carbonyl (C=O) groups is 1. The van der Waals surface area contributed by atoms with Crippen LogP contribution in [0.1, 0.15) is 30.6 Å². The predicted molar refractivity (Wildman–Crippen MR) is 103 cm³/mol. The normalized spacial score (nSPS) is 19.5. The van der Waals surface area contributed by atoms with Crippen molar-refractivity contribution in [1.29, 1.82) is 0 Å². The fraction of sp³-hybridized carbons (Fsp3) is 0.350. The topological polar surface area (TPSA) is 81.1 Å². The van der Waals surface area contributed by atoms with Gasteiger partial charge in [0.25, 0.3) is 0 Å². The smallest absolute Gasteiger partial charge is 0.430 e. The highest BCUT2D eigenvalue weighted by molar-refractivity contribution is 5.97. The fourth-order valence-corrected chi connectivity index (χ4v) is 4.23. The van der Waals surface area contributed by atoms with Gasteiger partial charge in [-0.15, -0.1) is 0 Å². The second kappa shape index (κ2) is 7.40. The van der Waals surface area contributed by atoms with Crippen LogP contribution in [0.5, 0.6) is 0 Å². The molecule has 2 N–H and O–H groups in total. The SMILES string of the molecule is O=C1Nc2nccc(-c3nn(C4CCNCC4)c4cc(F)c(F)cc34)c2[C@H](C(F)(F)F)O1. The molecule has 5 rings (SSSR count). The Morgan fingerprint density at radius 3 is 2.56 bits per heavy atom. The molecule has 1 atom stereocenters. The Balaban J connectivity index is 1.77. The molecule has 1 saturated heterocycles. The van der Waals surface area contributed by atoms with E-state index in [0.29, 0.717) is 25.9 Å². The van der Waals surface area contributed by atoms with Gasteiger partial charge in [0.05, 0.1) is 17.1 Å². The van der Waals surface area contributed by atoms with Gasteiger partial charge in [-0.05, 0) is 38.1 Å². The number of hydrogen-bond acceptors (Lipinski definition) is 5. The molecule has 32 heavy (non-hydrogen) atoms. The van der Waals surface area contributed by atoms with Crippen LogP contribution in [0.15, 0.2) is 24.4 Å². The number of nitrogens with zero attached hydrogens (tertiary/aromatic N) is 3. The van der Waals surface area contributed by atoms with E-state index >= 15 is 0 Å². The summed E-state index contributed by atoms with van der Waals surface area (Å²) < 4.78 is 75.5. The molecule has 4 heterocycles. The third kappa shape index (κ3) is 3.34. The summed E-state index contributed by atoms with van der Waals surface area (Å²) in [6.45, 7) is 1.37. The molecule has 0 radical (unpaired) electrons. The van der Waals surface area contributed by atoms with E-state index in [0.717, 1.165) is 12.1 Å². The number of cyclic esters (lactones) is 1. The zero-order valence-electron chi connectivity index (χ0n) is 16.3. The number of carbonyl (C=O) groups excluding carboxylic acids is 1. The average molecular weight is 453 g/mol. The molecule has 12 heteroatoms. The van der Waals surface area contributed by atoms with Gasteiger partial charge >= 0.3 is 12.3 Å². The summed E-state index contributed by atoms with van der Waals surface area (Å²) in [5, 5.41) is 10.0. The average Bonchev–Trinajstić information content (AvgIpc) is 3.11. The molecule has 2 aliphatic rings. The summed E-state index contributed by atoms with van der Waals surface area (Å²) >= 11 is 0. The number of anilines is 1. The van der Waals surface area contributed by atoms with Gasteiger partial charge in [0.1, 0.15) is 11.5 Å². The number of ether oxygens (including phenoxy) is 1. The van der Waals surface area contributed by atoms with Crippen LogP contribution in [0.2, 0.25) is 0 Å². The summed E-state index contributed by atoms with van der Waals surface area (Å²) in [7, 11) is 0. The molecule has 0 spiro atoms. The number of alkyl halides is 3. The monoisotopic (exact) mass is 453 g/mol. The van der Waals surface area contributed by atoms with Crippen molar-refractivity contribution < 1.29 is 31.5 Å². The van der Waals surface area contributed by atoms with Crippen molar-refractivity contribution in [3.05, 3.63) is 41.6 Å². The minimum absolute atomic E-state index is 0.0186. The van der Waals surface area contributed by atoms with Crippen LogP contribution in [0, 0.1) is 11.6 Å². The zero-order valence-corrected chi connectivity index (χ0v) is 16.3. The summed E-state index contributed by atoms with van der Waals surface area (Å²) in [6.07, 6.45) is -6.26. The number of nitrogens with one attached hydrogen (secondary N) is 2. The lowest BCUT2D eigenvalue weighted by atomic mass is 9.97. The summed E-state index contributed by atoms with van der Waals surface area (Å²) in [5.74, 6) is -2.56. The lowest BCUT2D eigenvalue weighted by Crippen LogP contribution is -2.34. The summed E-state index contributed by atoms with van der Waals surface area (Å²) in [5.41, 5.74) is -0.201. The predicted octanol–water partition coefficient (Wildman–Crippen LogP) is 4.47. The van der Waals surface area contributed by atoms with Crippen molar-refractivity contribution >= 4 is 22.8 Å². The molecule has 2 aliphatic heterocycles. The Hall–Kier alpha value is -3.28. The minimum atomic E-state index is -4.92. The number of hydrogen-bond donors (Lipinski definition) is 2. The largest absolute Gasteiger partial charge is 0.431 e. The number of amides is 1. The Labute approximate surface area is 177 Å². The van der Waals surface area contributed by atoms with E-state index in [9.17, 15) is 26.7 Å². The molecule has 0 bridgehead atoms. The second-order valence-corrected chi connectivity index (χ2v) is 7.63.